The van der Waals surface area contributed by atoms with Gasteiger partial charge in [-0.2, -0.15) is 0 Å². The van der Waals surface area contributed by atoms with E-state index in [9.17, 15) is 14.4 Å². The molecule has 4 atom stereocenters. The van der Waals surface area contributed by atoms with Crippen molar-refractivity contribution in [2.75, 3.05) is 20.2 Å². The average Bonchev–Trinajstić information content (AvgIpc) is 3.15. The number of halogens is 1. The summed E-state index contributed by atoms with van der Waals surface area (Å²) >= 11 is 6.77. The molecule has 4 aliphatic rings. The molecule has 1 heterocycles. The molecule has 1 N–H and O–H groups in total. The van der Waals surface area contributed by atoms with Crippen LogP contribution in [0.1, 0.15) is 44.3 Å². The molecule has 0 saturated heterocycles. The summed E-state index contributed by atoms with van der Waals surface area (Å²) in [5.41, 5.74) is -0.537. The summed E-state index contributed by atoms with van der Waals surface area (Å²) in [5.74, 6) is 0.579. The zero-order valence-electron chi connectivity index (χ0n) is 16.6. The lowest BCUT2D eigenvalue weighted by molar-refractivity contribution is -0.173. The van der Waals surface area contributed by atoms with Crippen LogP contribution in [0.3, 0.4) is 0 Å². The Morgan fingerprint density at radius 3 is 2.62 bits per heavy atom. The number of ether oxygens (including phenoxy) is 1. The minimum atomic E-state index is -0.537. The van der Waals surface area contributed by atoms with Gasteiger partial charge in [0.25, 0.3) is 5.91 Å². The van der Waals surface area contributed by atoms with Crippen LogP contribution in [0.15, 0.2) is 22.8 Å². The number of nitrogens with zero attached hydrogens (tertiary/aromatic N) is 1. The Balaban J connectivity index is 1.25. The number of nitrogens with one attached hydrogen (secondary N) is 1. The SMILES string of the molecule is CN(CC(=O)NCc1ccco1)C(=O)COC(=O)C12C[C@@H]3C[C@@H](CC(Cl)(C3)C1)C2. The van der Waals surface area contributed by atoms with E-state index < -0.39 is 11.3 Å². The molecular weight excluding hydrogens is 396 g/mol. The summed E-state index contributed by atoms with van der Waals surface area (Å²) in [5, 5.41) is 2.68. The predicted octanol–water partition coefficient (Wildman–Crippen LogP) is 2.48. The number of hydrogen-bond acceptors (Lipinski definition) is 5. The molecule has 4 aliphatic carbocycles. The maximum atomic E-state index is 12.9. The van der Waals surface area contributed by atoms with Crippen molar-refractivity contribution in [1.29, 1.82) is 0 Å². The molecule has 5 rings (SSSR count). The van der Waals surface area contributed by atoms with Gasteiger partial charge >= 0.3 is 5.97 Å². The van der Waals surface area contributed by atoms with Gasteiger partial charge in [0.1, 0.15) is 5.76 Å². The zero-order chi connectivity index (χ0) is 20.6. The molecule has 0 aliphatic heterocycles. The monoisotopic (exact) mass is 422 g/mol. The van der Waals surface area contributed by atoms with Gasteiger partial charge in [0, 0.05) is 11.9 Å². The Kier molecular flexibility index (Phi) is 5.36. The van der Waals surface area contributed by atoms with E-state index in [2.05, 4.69) is 5.32 Å². The van der Waals surface area contributed by atoms with Gasteiger partial charge in [-0.1, -0.05) is 0 Å². The Morgan fingerprint density at radius 1 is 1.28 bits per heavy atom. The molecule has 0 aromatic carbocycles. The summed E-state index contributed by atoms with van der Waals surface area (Å²) in [4.78, 5) is 38.2. The zero-order valence-corrected chi connectivity index (χ0v) is 17.4. The van der Waals surface area contributed by atoms with Crippen molar-refractivity contribution in [3.63, 3.8) is 0 Å². The highest BCUT2D eigenvalue weighted by Gasteiger charge is 2.60. The molecule has 0 spiro atoms. The van der Waals surface area contributed by atoms with E-state index in [0.717, 1.165) is 32.1 Å². The van der Waals surface area contributed by atoms with Gasteiger partial charge in [0.05, 0.1) is 24.8 Å². The molecule has 8 heteroatoms. The largest absolute Gasteiger partial charge is 0.467 e. The fourth-order valence-electron chi connectivity index (χ4n) is 5.74. The van der Waals surface area contributed by atoms with E-state index in [1.165, 1.54) is 18.2 Å². The van der Waals surface area contributed by atoms with Crippen LogP contribution in [0.5, 0.6) is 0 Å². The first-order valence-electron chi connectivity index (χ1n) is 10.2. The Labute approximate surface area is 175 Å². The Bertz CT molecular complexity index is 779. The summed E-state index contributed by atoms with van der Waals surface area (Å²) in [6.45, 7) is -0.210. The van der Waals surface area contributed by atoms with E-state index >= 15 is 0 Å². The van der Waals surface area contributed by atoms with E-state index in [1.54, 1.807) is 12.1 Å². The molecule has 158 valence electrons. The fraction of sp³-hybridized carbons (Fsp3) is 0.667. The molecule has 1 aromatic rings. The first-order valence-corrected chi connectivity index (χ1v) is 10.5. The second-order valence-electron chi connectivity index (χ2n) is 9.07. The first-order chi connectivity index (χ1) is 13.8. The second-order valence-corrected chi connectivity index (χ2v) is 9.88. The van der Waals surface area contributed by atoms with E-state index in [1.807, 2.05) is 0 Å². The molecule has 2 amide bonds. The highest BCUT2D eigenvalue weighted by atomic mass is 35.5. The first kappa shape index (κ1) is 20.3. The van der Waals surface area contributed by atoms with E-state index in [-0.39, 0.29) is 36.4 Å². The number of amides is 2. The maximum Gasteiger partial charge on any atom is 0.312 e. The van der Waals surface area contributed by atoms with Gasteiger partial charge in [-0.25, -0.2) is 0 Å². The van der Waals surface area contributed by atoms with Crippen molar-refractivity contribution in [2.24, 2.45) is 17.3 Å². The lowest BCUT2D eigenvalue weighted by Gasteiger charge is -2.58. The average molecular weight is 423 g/mol. The number of rotatable bonds is 7. The van der Waals surface area contributed by atoms with Crippen molar-refractivity contribution >= 4 is 29.4 Å². The molecule has 29 heavy (non-hydrogen) atoms. The molecule has 4 saturated carbocycles. The molecule has 4 fully saturated rings. The number of carbonyl (C=O) groups excluding carboxylic acids is 3. The standard InChI is InChI=1S/C21H27ClN2O5/c1-24(11-17(25)23-10-16-3-2-4-28-16)18(26)12-29-19(27)20-6-14-5-15(7-20)9-21(22,8-14)13-20/h2-4,14-15H,5-13H2,1H3,(H,23,25)/t14-,15+,20?,21?. The lowest BCUT2D eigenvalue weighted by atomic mass is 9.49. The van der Waals surface area contributed by atoms with Crippen LogP contribution in [0.4, 0.5) is 0 Å². The molecule has 4 bridgehead atoms. The molecule has 1 aromatic heterocycles. The molecule has 2 unspecified atom stereocenters. The van der Waals surface area contributed by atoms with Gasteiger partial charge in [-0.3, -0.25) is 14.4 Å². The van der Waals surface area contributed by atoms with Crippen molar-refractivity contribution in [3.05, 3.63) is 24.2 Å². The number of furan rings is 1. The van der Waals surface area contributed by atoms with Crippen LogP contribution in [-0.2, 0) is 25.7 Å². The van der Waals surface area contributed by atoms with Crippen LogP contribution in [0, 0.1) is 17.3 Å². The minimum Gasteiger partial charge on any atom is -0.467 e. The van der Waals surface area contributed by atoms with Crippen LogP contribution >= 0.6 is 11.6 Å². The van der Waals surface area contributed by atoms with Crippen LogP contribution in [0.2, 0.25) is 0 Å². The number of esters is 1. The quantitative estimate of drug-likeness (QED) is 0.538. The third kappa shape index (κ3) is 4.29. The smallest absolute Gasteiger partial charge is 0.312 e. The Morgan fingerprint density at radius 2 is 2.00 bits per heavy atom. The lowest BCUT2D eigenvalue weighted by Crippen LogP contribution is -2.56. The van der Waals surface area contributed by atoms with Gasteiger partial charge in [0.15, 0.2) is 6.61 Å². The topological polar surface area (TPSA) is 88.8 Å². The van der Waals surface area contributed by atoms with Gasteiger partial charge in [0.2, 0.25) is 5.91 Å². The number of carbonyl (C=O) groups is 3. The van der Waals surface area contributed by atoms with Gasteiger partial charge in [-0.15, -0.1) is 11.6 Å². The molecule has 7 nitrogen and oxygen atoms in total. The summed E-state index contributed by atoms with van der Waals surface area (Å²) < 4.78 is 10.6. The maximum absolute atomic E-state index is 12.9. The van der Waals surface area contributed by atoms with Crippen molar-refractivity contribution < 1.29 is 23.5 Å². The summed E-state index contributed by atoms with van der Waals surface area (Å²) in [6, 6.07) is 3.49. The van der Waals surface area contributed by atoms with Crippen LogP contribution in [-0.4, -0.2) is 47.8 Å². The van der Waals surface area contributed by atoms with Gasteiger partial charge < -0.3 is 19.4 Å². The van der Waals surface area contributed by atoms with Crippen LogP contribution in [0.25, 0.3) is 0 Å². The molecule has 0 radical (unpaired) electrons. The molecular formula is C21H27ClN2O5. The number of likely N-dealkylation sites (N-methyl/N-ethyl adjacent to an activating group) is 1. The van der Waals surface area contributed by atoms with Crippen LogP contribution < -0.4 is 5.32 Å². The minimum absolute atomic E-state index is 0.114. The third-order valence-corrected chi connectivity index (χ3v) is 7.04. The summed E-state index contributed by atoms with van der Waals surface area (Å²) in [6.07, 6.45) is 6.92. The van der Waals surface area contributed by atoms with Crippen molar-refractivity contribution in [2.45, 2.75) is 49.9 Å². The number of hydrogen-bond donors (Lipinski definition) is 1. The second kappa shape index (κ2) is 7.67. The third-order valence-electron chi connectivity index (χ3n) is 6.60. The van der Waals surface area contributed by atoms with Crippen molar-refractivity contribution in [3.8, 4) is 0 Å². The normalized spacial score (nSPS) is 32.1. The number of alkyl halides is 1. The van der Waals surface area contributed by atoms with E-state index in [4.69, 9.17) is 20.8 Å². The fourth-order valence-corrected chi connectivity index (χ4v) is 6.43. The van der Waals surface area contributed by atoms with E-state index in [0.29, 0.717) is 24.0 Å². The predicted molar refractivity (Wildman–Crippen MR) is 105 cm³/mol. The highest BCUT2D eigenvalue weighted by molar-refractivity contribution is 6.24. The van der Waals surface area contributed by atoms with Gasteiger partial charge in [-0.05, 0) is 62.5 Å². The summed E-state index contributed by atoms with van der Waals surface area (Å²) in [7, 11) is 1.52. The Hall–Kier alpha value is -2.02. The highest BCUT2D eigenvalue weighted by Crippen LogP contribution is 2.64. The van der Waals surface area contributed by atoms with Crippen molar-refractivity contribution in [1.82, 2.24) is 10.2 Å².